The Kier molecular flexibility index (Phi) is 72.2. The molecule has 0 spiro atoms. The van der Waals surface area contributed by atoms with Crippen molar-refractivity contribution >= 4 is 11.8 Å². The SMILES string of the molecule is CC.CC.CCCCCCCCCCCC.CCCCCCCCCCCCNCCN(CCCCCCCCC)CC(=O)N1CCN(C(=O)CNCCCCCCCCCCCC)CC1.[U]. The number of nitrogens with one attached hydrogen (secondary N) is 2. The molecular formula is C59H125N5O2U. The summed E-state index contributed by atoms with van der Waals surface area (Å²) < 4.78 is 0. The van der Waals surface area contributed by atoms with Crippen LogP contribution in [0, 0.1) is 31.1 Å². The van der Waals surface area contributed by atoms with Crippen LogP contribution in [-0.4, -0.2) is 98.5 Å². The number of carbonyl (C=O) groups is 2. The Morgan fingerprint density at radius 3 is 0.940 bits per heavy atom. The monoisotopic (exact) mass is 1170 g/mol. The first-order valence-electron chi connectivity index (χ1n) is 30.2. The number of carbonyl (C=O) groups excluding carboxylic acids is 2. The summed E-state index contributed by atoms with van der Waals surface area (Å²) in [5.74, 6) is 0.409. The van der Waals surface area contributed by atoms with E-state index in [1.165, 1.54) is 231 Å². The van der Waals surface area contributed by atoms with Gasteiger partial charge in [-0.25, -0.2) is 0 Å². The van der Waals surface area contributed by atoms with Crippen molar-refractivity contribution in [1.29, 1.82) is 0 Å². The molecule has 402 valence electrons. The fraction of sp³-hybridized carbons (Fsp3) is 0.966. The second kappa shape index (κ2) is 65.9. The van der Waals surface area contributed by atoms with Crippen molar-refractivity contribution < 1.29 is 40.7 Å². The van der Waals surface area contributed by atoms with Gasteiger partial charge in [-0.3, -0.25) is 14.5 Å². The summed E-state index contributed by atoms with van der Waals surface area (Å²) in [5.41, 5.74) is 0. The number of nitrogens with zero attached hydrogens (tertiary/aromatic N) is 3. The number of amides is 2. The fourth-order valence-electron chi connectivity index (χ4n) is 8.76. The third-order valence-electron chi connectivity index (χ3n) is 13.2. The van der Waals surface area contributed by atoms with Crippen molar-refractivity contribution in [3.8, 4) is 0 Å². The largest absolute Gasteiger partial charge is 0.338 e. The maximum absolute atomic E-state index is 13.4. The van der Waals surface area contributed by atoms with Crippen LogP contribution in [-0.2, 0) is 9.59 Å². The third-order valence-corrected chi connectivity index (χ3v) is 13.2. The van der Waals surface area contributed by atoms with Crippen molar-refractivity contribution in [2.24, 2.45) is 0 Å². The van der Waals surface area contributed by atoms with E-state index < -0.39 is 0 Å². The smallest absolute Gasteiger partial charge is 0.236 e. The summed E-state index contributed by atoms with van der Waals surface area (Å²) in [5, 5.41) is 7.04. The van der Waals surface area contributed by atoms with Gasteiger partial charge in [0, 0.05) is 70.4 Å². The summed E-state index contributed by atoms with van der Waals surface area (Å²) in [6, 6.07) is 0. The zero-order valence-electron chi connectivity index (χ0n) is 47.6. The van der Waals surface area contributed by atoms with Gasteiger partial charge in [0.1, 0.15) is 0 Å². The van der Waals surface area contributed by atoms with E-state index in [1.54, 1.807) is 0 Å². The molecule has 1 aliphatic heterocycles. The molecule has 1 aliphatic rings. The van der Waals surface area contributed by atoms with Crippen LogP contribution < -0.4 is 10.6 Å². The van der Waals surface area contributed by atoms with Gasteiger partial charge < -0.3 is 20.4 Å². The second-order valence-electron chi connectivity index (χ2n) is 19.3. The number of unbranched alkanes of at least 4 members (excludes halogenated alkanes) is 33. The molecule has 0 radical (unpaired) electrons. The summed E-state index contributed by atoms with van der Waals surface area (Å²) >= 11 is 0. The Hall–Kier alpha value is -0.128. The summed E-state index contributed by atoms with van der Waals surface area (Å²) in [4.78, 5) is 32.5. The molecule has 2 amide bonds. The number of piperazine rings is 1. The summed E-state index contributed by atoms with van der Waals surface area (Å²) in [6.45, 7) is 27.8. The van der Waals surface area contributed by atoms with Crippen LogP contribution in [0.3, 0.4) is 0 Å². The van der Waals surface area contributed by atoms with Crippen molar-refractivity contribution in [1.82, 2.24) is 25.3 Å². The first-order chi connectivity index (χ1) is 32.5. The molecule has 8 heteroatoms. The van der Waals surface area contributed by atoms with Crippen molar-refractivity contribution in [3.05, 3.63) is 0 Å². The molecule has 0 unspecified atom stereocenters. The fourth-order valence-corrected chi connectivity index (χ4v) is 8.76. The minimum absolute atomic E-state index is 0. The van der Waals surface area contributed by atoms with Crippen LogP contribution in [0.2, 0.25) is 0 Å². The Labute approximate surface area is 446 Å². The van der Waals surface area contributed by atoms with E-state index in [0.717, 1.165) is 39.1 Å². The Balaban J connectivity index is -0.000000999. The molecule has 2 N–H and O–H groups in total. The normalized spacial score (nSPS) is 12.1. The minimum Gasteiger partial charge on any atom is -0.338 e. The maximum Gasteiger partial charge on any atom is 0.236 e. The molecule has 0 aromatic heterocycles. The number of hydrogen-bond donors (Lipinski definition) is 2. The average molecular weight is 1170 g/mol. The molecule has 67 heavy (non-hydrogen) atoms. The van der Waals surface area contributed by atoms with E-state index >= 15 is 0 Å². The van der Waals surface area contributed by atoms with E-state index in [2.05, 4.69) is 50.2 Å². The molecule has 0 aromatic rings. The van der Waals surface area contributed by atoms with Crippen LogP contribution >= 0.6 is 0 Å². The van der Waals surface area contributed by atoms with E-state index in [-0.39, 0.29) is 42.9 Å². The summed E-state index contributed by atoms with van der Waals surface area (Å²) in [6.07, 6.45) is 50.5. The zero-order valence-corrected chi connectivity index (χ0v) is 51.8. The zero-order chi connectivity index (χ0) is 49.2. The molecule has 0 aromatic carbocycles. The first-order valence-corrected chi connectivity index (χ1v) is 30.2. The molecule has 0 saturated carbocycles. The third kappa shape index (κ3) is 56.7. The van der Waals surface area contributed by atoms with E-state index in [4.69, 9.17) is 0 Å². The van der Waals surface area contributed by atoms with Gasteiger partial charge in [-0.15, -0.1) is 0 Å². The van der Waals surface area contributed by atoms with E-state index in [9.17, 15) is 9.59 Å². The topological polar surface area (TPSA) is 67.9 Å². The van der Waals surface area contributed by atoms with Crippen LogP contribution in [0.25, 0.3) is 0 Å². The van der Waals surface area contributed by atoms with Crippen molar-refractivity contribution in [2.75, 3.05) is 72.0 Å². The van der Waals surface area contributed by atoms with Gasteiger partial charge in [-0.2, -0.15) is 0 Å². The molecule has 1 fully saturated rings. The number of hydrogen-bond acceptors (Lipinski definition) is 5. The quantitative estimate of drug-likeness (QED) is 0.0595. The molecule has 1 saturated heterocycles. The van der Waals surface area contributed by atoms with Gasteiger partial charge in [-0.05, 0) is 38.9 Å². The van der Waals surface area contributed by atoms with E-state index in [1.807, 2.05) is 37.5 Å². The van der Waals surface area contributed by atoms with E-state index in [0.29, 0.717) is 39.3 Å². The average Bonchev–Trinajstić information content (AvgIpc) is 3.35. The van der Waals surface area contributed by atoms with Gasteiger partial charge in [-0.1, -0.05) is 281 Å². The Morgan fingerprint density at radius 2 is 0.612 bits per heavy atom. The van der Waals surface area contributed by atoms with Gasteiger partial charge in [0.15, 0.2) is 0 Å². The molecule has 1 rings (SSSR count). The standard InChI is InChI=1S/C43H87N5O2.C12H26.2C2H6.U/c1-4-7-10-13-16-18-20-22-25-28-31-44-33-35-46(34-30-27-24-15-12-9-6-3)41-43(50)48-38-36-47(37-39-48)42(49)40-45-32-29-26-23-21-19-17-14-11-8-5-2;1-3-5-7-9-11-12-10-8-6-4-2;2*1-2;/h44-45H,4-41H2,1-3H3;3-12H2,1-2H3;2*1-2H3;. The van der Waals surface area contributed by atoms with Crippen LogP contribution in [0.4, 0.5) is 0 Å². The second-order valence-corrected chi connectivity index (χ2v) is 19.3. The molecule has 7 nitrogen and oxygen atoms in total. The molecule has 1 heterocycles. The van der Waals surface area contributed by atoms with Crippen molar-refractivity contribution in [3.63, 3.8) is 0 Å². The van der Waals surface area contributed by atoms with Crippen LogP contribution in [0.15, 0.2) is 0 Å². The summed E-state index contributed by atoms with van der Waals surface area (Å²) in [7, 11) is 0. The molecule has 0 bridgehead atoms. The van der Waals surface area contributed by atoms with Gasteiger partial charge in [0.25, 0.3) is 0 Å². The Bertz CT molecular complexity index is 893. The van der Waals surface area contributed by atoms with Crippen LogP contribution in [0.1, 0.15) is 300 Å². The first kappa shape index (κ1) is 73.4. The molecule has 0 aliphatic carbocycles. The Morgan fingerprint density at radius 1 is 0.343 bits per heavy atom. The minimum atomic E-state index is 0. The molecular weight excluding hydrogens is 1050 g/mol. The van der Waals surface area contributed by atoms with Crippen LogP contribution in [0.5, 0.6) is 0 Å². The van der Waals surface area contributed by atoms with Gasteiger partial charge in [0.2, 0.25) is 11.8 Å². The predicted octanol–water partition coefficient (Wildman–Crippen LogP) is 16.7. The maximum atomic E-state index is 13.4. The molecule has 0 atom stereocenters. The predicted molar refractivity (Wildman–Crippen MR) is 297 cm³/mol. The van der Waals surface area contributed by atoms with Gasteiger partial charge >= 0.3 is 0 Å². The number of rotatable bonds is 46. The van der Waals surface area contributed by atoms with Crippen molar-refractivity contribution in [2.45, 2.75) is 300 Å². The van der Waals surface area contributed by atoms with Gasteiger partial charge in [0.05, 0.1) is 13.1 Å².